The monoisotopic (exact) mass is 271 g/mol. The number of hydrogen-bond donors (Lipinski definition) is 1. The maximum atomic E-state index is 13.5. The maximum Gasteiger partial charge on any atom is 0.224 e. The Balaban J connectivity index is 1.84. The second-order valence-electron chi connectivity index (χ2n) is 4.32. The van der Waals surface area contributed by atoms with E-state index in [4.69, 9.17) is 16.3 Å². The molecule has 18 heavy (non-hydrogen) atoms. The van der Waals surface area contributed by atoms with Gasteiger partial charge in [-0.25, -0.2) is 4.39 Å². The average Bonchev–Trinajstić information content (AvgIpc) is 2.86. The van der Waals surface area contributed by atoms with Crippen molar-refractivity contribution in [3.63, 3.8) is 0 Å². The number of halogens is 2. The van der Waals surface area contributed by atoms with Crippen LogP contribution in [-0.4, -0.2) is 18.6 Å². The van der Waals surface area contributed by atoms with E-state index in [1.807, 2.05) is 0 Å². The number of carbonyl (C=O) groups excluding carboxylic acids is 1. The number of ether oxygens (including phenoxy) is 1. The quantitative estimate of drug-likeness (QED) is 0.912. The smallest absolute Gasteiger partial charge is 0.224 e. The van der Waals surface area contributed by atoms with Gasteiger partial charge in [0.25, 0.3) is 0 Å². The van der Waals surface area contributed by atoms with Crippen molar-refractivity contribution < 1.29 is 13.9 Å². The molecule has 1 heterocycles. The van der Waals surface area contributed by atoms with Gasteiger partial charge < -0.3 is 10.1 Å². The molecule has 1 aliphatic rings. The SMILES string of the molecule is O=C(CC[C@H]1CCCO1)Nc1cccc(Cl)c1F. The summed E-state index contributed by atoms with van der Waals surface area (Å²) < 4.78 is 19.0. The standard InChI is InChI=1S/C13H15ClFNO2/c14-10-4-1-5-11(13(10)15)16-12(17)7-6-9-3-2-8-18-9/h1,4-5,9H,2-3,6-8H2,(H,16,17)/t9-/m1/s1. The summed E-state index contributed by atoms with van der Waals surface area (Å²) in [5, 5.41) is 2.53. The molecule has 1 aliphatic heterocycles. The average molecular weight is 272 g/mol. The summed E-state index contributed by atoms with van der Waals surface area (Å²) in [5.74, 6) is -0.809. The van der Waals surface area contributed by atoms with E-state index in [-0.39, 0.29) is 22.7 Å². The molecule has 0 spiro atoms. The van der Waals surface area contributed by atoms with E-state index in [0.717, 1.165) is 19.4 Å². The molecule has 98 valence electrons. The maximum absolute atomic E-state index is 13.5. The van der Waals surface area contributed by atoms with Gasteiger partial charge in [0.1, 0.15) is 0 Å². The van der Waals surface area contributed by atoms with Gasteiger partial charge in [0.15, 0.2) is 5.82 Å². The van der Waals surface area contributed by atoms with Crippen molar-refractivity contribution >= 4 is 23.2 Å². The Hall–Kier alpha value is -1.13. The van der Waals surface area contributed by atoms with E-state index < -0.39 is 5.82 Å². The molecule has 2 rings (SSSR count). The lowest BCUT2D eigenvalue weighted by Crippen LogP contribution is -2.16. The summed E-state index contributed by atoms with van der Waals surface area (Å²) in [7, 11) is 0. The van der Waals surface area contributed by atoms with Gasteiger partial charge in [-0.3, -0.25) is 4.79 Å². The molecule has 1 saturated heterocycles. The summed E-state index contributed by atoms with van der Waals surface area (Å²) in [5.41, 5.74) is 0.125. The summed E-state index contributed by atoms with van der Waals surface area (Å²) in [6.45, 7) is 0.773. The van der Waals surface area contributed by atoms with E-state index in [9.17, 15) is 9.18 Å². The molecule has 1 fully saturated rings. The second kappa shape index (κ2) is 6.16. The molecular weight excluding hydrogens is 257 g/mol. The fraction of sp³-hybridized carbons (Fsp3) is 0.462. The zero-order chi connectivity index (χ0) is 13.0. The molecule has 0 aliphatic carbocycles. The van der Waals surface area contributed by atoms with Crippen molar-refractivity contribution in [2.75, 3.05) is 11.9 Å². The van der Waals surface area contributed by atoms with E-state index in [2.05, 4.69) is 5.32 Å². The molecule has 0 bridgehead atoms. The molecule has 1 N–H and O–H groups in total. The fourth-order valence-corrected chi connectivity index (χ4v) is 2.15. The first kappa shape index (κ1) is 13.3. The largest absolute Gasteiger partial charge is 0.378 e. The lowest BCUT2D eigenvalue weighted by molar-refractivity contribution is -0.116. The zero-order valence-electron chi connectivity index (χ0n) is 9.92. The zero-order valence-corrected chi connectivity index (χ0v) is 10.7. The molecule has 1 atom stereocenters. The second-order valence-corrected chi connectivity index (χ2v) is 4.73. The Labute approximate surface area is 110 Å². The van der Waals surface area contributed by atoms with Crippen molar-refractivity contribution in [2.45, 2.75) is 31.8 Å². The number of carbonyl (C=O) groups is 1. The van der Waals surface area contributed by atoms with Crippen LogP contribution in [0.1, 0.15) is 25.7 Å². The summed E-state index contributed by atoms with van der Waals surface area (Å²) in [4.78, 5) is 11.7. The van der Waals surface area contributed by atoms with Crippen LogP contribution < -0.4 is 5.32 Å². The van der Waals surface area contributed by atoms with E-state index >= 15 is 0 Å². The number of rotatable bonds is 4. The molecule has 5 heteroatoms. The first-order valence-electron chi connectivity index (χ1n) is 6.02. The molecule has 1 aromatic carbocycles. The Morgan fingerprint density at radius 1 is 1.56 bits per heavy atom. The van der Waals surface area contributed by atoms with Gasteiger partial charge in [0, 0.05) is 13.0 Å². The predicted octanol–water partition coefficient (Wildman–Crippen LogP) is 3.38. The third-order valence-corrected chi connectivity index (χ3v) is 3.23. The molecule has 0 unspecified atom stereocenters. The fourth-order valence-electron chi connectivity index (χ4n) is 1.98. The van der Waals surface area contributed by atoms with Crippen LogP contribution in [0, 0.1) is 5.82 Å². The van der Waals surface area contributed by atoms with Crippen molar-refractivity contribution in [2.24, 2.45) is 0 Å². The minimum atomic E-state index is -0.593. The van der Waals surface area contributed by atoms with Crippen LogP contribution >= 0.6 is 11.6 Å². The number of anilines is 1. The Kier molecular flexibility index (Phi) is 4.55. The summed E-state index contributed by atoms with van der Waals surface area (Å²) in [6, 6.07) is 4.53. The molecule has 1 amide bonds. The van der Waals surface area contributed by atoms with E-state index in [1.165, 1.54) is 12.1 Å². The van der Waals surface area contributed by atoms with Gasteiger partial charge in [-0.05, 0) is 31.4 Å². The predicted molar refractivity (Wildman–Crippen MR) is 68.2 cm³/mol. The molecule has 0 saturated carbocycles. The van der Waals surface area contributed by atoms with Gasteiger partial charge >= 0.3 is 0 Å². The Morgan fingerprint density at radius 3 is 3.11 bits per heavy atom. The Morgan fingerprint density at radius 2 is 2.39 bits per heavy atom. The van der Waals surface area contributed by atoms with Crippen molar-refractivity contribution in [3.05, 3.63) is 29.0 Å². The molecule has 0 radical (unpaired) electrons. The van der Waals surface area contributed by atoms with E-state index in [1.54, 1.807) is 6.07 Å². The van der Waals surface area contributed by atoms with Gasteiger partial charge in [0.05, 0.1) is 16.8 Å². The van der Waals surface area contributed by atoms with Crippen LogP contribution in [0.3, 0.4) is 0 Å². The highest BCUT2D eigenvalue weighted by Crippen LogP contribution is 2.22. The van der Waals surface area contributed by atoms with Crippen LogP contribution in [-0.2, 0) is 9.53 Å². The highest BCUT2D eigenvalue weighted by Gasteiger charge is 2.17. The topological polar surface area (TPSA) is 38.3 Å². The van der Waals surface area contributed by atoms with Gasteiger partial charge in [-0.1, -0.05) is 17.7 Å². The third kappa shape index (κ3) is 3.43. The van der Waals surface area contributed by atoms with Crippen LogP contribution in [0.4, 0.5) is 10.1 Å². The lowest BCUT2D eigenvalue weighted by atomic mass is 10.1. The minimum Gasteiger partial charge on any atom is -0.378 e. The van der Waals surface area contributed by atoms with Crippen LogP contribution in [0.25, 0.3) is 0 Å². The summed E-state index contributed by atoms with van der Waals surface area (Å²) >= 11 is 5.63. The van der Waals surface area contributed by atoms with Crippen molar-refractivity contribution in [1.82, 2.24) is 0 Å². The molecule has 1 aromatic rings. The van der Waals surface area contributed by atoms with Crippen LogP contribution in [0.15, 0.2) is 18.2 Å². The normalized spacial score (nSPS) is 18.9. The molecular formula is C13H15ClFNO2. The molecule has 3 nitrogen and oxygen atoms in total. The highest BCUT2D eigenvalue weighted by atomic mass is 35.5. The lowest BCUT2D eigenvalue weighted by Gasteiger charge is -2.10. The van der Waals surface area contributed by atoms with Crippen molar-refractivity contribution in [1.29, 1.82) is 0 Å². The number of nitrogens with one attached hydrogen (secondary N) is 1. The number of benzene rings is 1. The third-order valence-electron chi connectivity index (χ3n) is 2.94. The first-order valence-corrected chi connectivity index (χ1v) is 6.40. The minimum absolute atomic E-state index is 0.00641. The van der Waals surface area contributed by atoms with Crippen molar-refractivity contribution in [3.8, 4) is 0 Å². The van der Waals surface area contributed by atoms with Crippen LogP contribution in [0.5, 0.6) is 0 Å². The van der Waals surface area contributed by atoms with Crippen LogP contribution in [0.2, 0.25) is 5.02 Å². The van der Waals surface area contributed by atoms with Gasteiger partial charge in [0.2, 0.25) is 5.91 Å². The molecule has 0 aromatic heterocycles. The van der Waals surface area contributed by atoms with Gasteiger partial charge in [-0.15, -0.1) is 0 Å². The Bertz CT molecular complexity index is 433. The highest BCUT2D eigenvalue weighted by molar-refractivity contribution is 6.31. The summed E-state index contributed by atoms with van der Waals surface area (Å²) in [6.07, 6.45) is 3.22. The van der Waals surface area contributed by atoms with Gasteiger partial charge in [-0.2, -0.15) is 0 Å². The van der Waals surface area contributed by atoms with E-state index in [0.29, 0.717) is 12.8 Å². The number of amides is 1. The number of hydrogen-bond acceptors (Lipinski definition) is 2. The first-order chi connectivity index (χ1) is 8.66.